The molecule has 0 saturated heterocycles. The summed E-state index contributed by atoms with van der Waals surface area (Å²) in [5, 5.41) is 3.51. The smallest absolute Gasteiger partial charge is 0.244 e. The van der Waals surface area contributed by atoms with Gasteiger partial charge in [-0.1, -0.05) is 37.6 Å². The Bertz CT molecular complexity index is 944. The van der Waals surface area contributed by atoms with Crippen LogP contribution in [-0.2, 0) is 14.8 Å². The molecule has 0 aliphatic carbocycles. The zero-order valence-electron chi connectivity index (χ0n) is 17.9. The van der Waals surface area contributed by atoms with Crippen LogP contribution < -0.4 is 14.4 Å². The molecule has 1 amide bonds. The summed E-state index contributed by atoms with van der Waals surface area (Å²) in [7, 11) is -2.10. The van der Waals surface area contributed by atoms with E-state index in [1.165, 1.54) is 0 Å². The van der Waals surface area contributed by atoms with Crippen molar-refractivity contribution in [2.24, 2.45) is 5.92 Å². The maximum atomic E-state index is 13.1. The normalized spacial score (nSPS) is 13.6. The highest BCUT2D eigenvalue weighted by Gasteiger charge is 2.30. The predicted octanol–water partition coefficient (Wildman–Crippen LogP) is 4.41. The molecule has 2 aromatic rings. The highest BCUT2D eigenvalue weighted by atomic mass is 35.5. The summed E-state index contributed by atoms with van der Waals surface area (Å²) in [6.45, 7) is 5.72. The van der Waals surface area contributed by atoms with E-state index >= 15 is 0 Å². The van der Waals surface area contributed by atoms with Crippen LogP contribution in [-0.4, -0.2) is 33.7 Å². The van der Waals surface area contributed by atoms with Crippen molar-refractivity contribution in [1.29, 1.82) is 0 Å². The van der Waals surface area contributed by atoms with Crippen molar-refractivity contribution >= 4 is 33.2 Å². The summed E-state index contributed by atoms with van der Waals surface area (Å²) in [6.07, 6.45) is 1.80. The molecule has 2 rings (SSSR count). The molecule has 0 heterocycles. The van der Waals surface area contributed by atoms with Gasteiger partial charge in [-0.15, -0.1) is 0 Å². The van der Waals surface area contributed by atoms with Gasteiger partial charge in [-0.2, -0.15) is 0 Å². The number of nitrogens with zero attached hydrogens (tertiary/aromatic N) is 1. The highest BCUT2D eigenvalue weighted by molar-refractivity contribution is 7.92. The van der Waals surface area contributed by atoms with Crippen LogP contribution in [0.3, 0.4) is 0 Å². The minimum atomic E-state index is -3.69. The summed E-state index contributed by atoms with van der Waals surface area (Å²) in [5.74, 6) is 0.680. The van der Waals surface area contributed by atoms with Gasteiger partial charge in [0.05, 0.1) is 25.1 Å². The van der Waals surface area contributed by atoms with Gasteiger partial charge in [0.15, 0.2) is 0 Å². The fraction of sp³-hybridized carbons (Fsp3) is 0.409. The summed E-state index contributed by atoms with van der Waals surface area (Å²) >= 11 is 5.92. The van der Waals surface area contributed by atoms with Gasteiger partial charge in [0.1, 0.15) is 11.8 Å². The molecule has 1 N–H and O–H groups in total. The molecule has 0 saturated carbocycles. The van der Waals surface area contributed by atoms with E-state index < -0.39 is 16.1 Å². The van der Waals surface area contributed by atoms with Gasteiger partial charge in [0, 0.05) is 5.02 Å². The monoisotopic (exact) mass is 452 g/mol. The van der Waals surface area contributed by atoms with Crippen LogP contribution in [0.15, 0.2) is 48.5 Å². The number of benzene rings is 2. The number of amides is 1. The summed E-state index contributed by atoms with van der Waals surface area (Å²) < 4.78 is 31.2. The molecule has 0 fully saturated rings. The standard InChI is InChI=1S/C22H29ClN2O4S/c1-15(2)14-21(17-6-12-20(29-4)13-7-17)24-22(26)16(3)25(30(5,27)28)19-10-8-18(23)9-11-19/h6-13,15-16,21H,14H2,1-5H3,(H,24,26)/t16-,21-/m1/s1. The number of sulfonamides is 1. The van der Waals surface area contributed by atoms with E-state index in [9.17, 15) is 13.2 Å². The lowest BCUT2D eigenvalue weighted by atomic mass is 9.96. The van der Waals surface area contributed by atoms with Crippen molar-refractivity contribution in [3.8, 4) is 5.75 Å². The van der Waals surface area contributed by atoms with Crippen LogP contribution in [0.25, 0.3) is 0 Å². The average Bonchev–Trinajstić information content (AvgIpc) is 2.67. The van der Waals surface area contributed by atoms with E-state index in [2.05, 4.69) is 19.2 Å². The van der Waals surface area contributed by atoms with E-state index in [-0.39, 0.29) is 11.9 Å². The van der Waals surface area contributed by atoms with Gasteiger partial charge in [0.2, 0.25) is 15.9 Å². The first kappa shape index (κ1) is 24.0. The first-order valence-electron chi connectivity index (χ1n) is 9.72. The number of rotatable bonds is 9. The third kappa shape index (κ3) is 6.37. The lowest BCUT2D eigenvalue weighted by Gasteiger charge is -2.30. The first-order chi connectivity index (χ1) is 14.0. The number of methoxy groups -OCH3 is 1. The van der Waals surface area contributed by atoms with Gasteiger partial charge < -0.3 is 10.1 Å². The maximum absolute atomic E-state index is 13.1. The van der Waals surface area contributed by atoms with Gasteiger partial charge in [-0.3, -0.25) is 9.10 Å². The van der Waals surface area contributed by atoms with Crippen LogP contribution in [0.4, 0.5) is 5.69 Å². The van der Waals surface area contributed by atoms with Crippen molar-refractivity contribution in [2.45, 2.75) is 39.3 Å². The van der Waals surface area contributed by atoms with Gasteiger partial charge in [0.25, 0.3) is 0 Å². The van der Waals surface area contributed by atoms with Gasteiger partial charge in [-0.25, -0.2) is 8.42 Å². The van der Waals surface area contributed by atoms with Crippen LogP contribution in [0.5, 0.6) is 5.75 Å². The fourth-order valence-corrected chi connectivity index (χ4v) is 4.58. The quantitative estimate of drug-likeness (QED) is 0.611. The van der Waals surface area contributed by atoms with E-state index in [4.69, 9.17) is 16.3 Å². The minimum Gasteiger partial charge on any atom is -0.497 e. The Morgan fingerprint density at radius 3 is 2.10 bits per heavy atom. The molecule has 0 radical (unpaired) electrons. The predicted molar refractivity (Wildman–Crippen MR) is 122 cm³/mol. The molecule has 0 aromatic heterocycles. The Labute approximate surface area is 184 Å². The molecule has 6 nitrogen and oxygen atoms in total. The third-order valence-electron chi connectivity index (χ3n) is 4.71. The largest absolute Gasteiger partial charge is 0.497 e. The summed E-state index contributed by atoms with van der Waals surface area (Å²) in [6, 6.07) is 12.7. The van der Waals surface area contributed by atoms with Crippen LogP contribution >= 0.6 is 11.6 Å². The van der Waals surface area contributed by atoms with Gasteiger partial charge in [-0.05, 0) is 61.2 Å². The number of ether oxygens (including phenoxy) is 1. The van der Waals surface area contributed by atoms with Crippen LogP contribution in [0.1, 0.15) is 38.8 Å². The zero-order chi connectivity index (χ0) is 22.5. The zero-order valence-corrected chi connectivity index (χ0v) is 19.5. The number of hydrogen-bond donors (Lipinski definition) is 1. The van der Waals surface area contributed by atoms with E-state index in [0.717, 1.165) is 21.9 Å². The molecule has 0 aliphatic rings. The average molecular weight is 453 g/mol. The molecule has 164 valence electrons. The fourth-order valence-electron chi connectivity index (χ4n) is 3.28. The van der Waals surface area contributed by atoms with E-state index in [1.54, 1.807) is 38.3 Å². The minimum absolute atomic E-state index is 0.252. The molecule has 0 spiro atoms. The van der Waals surface area contributed by atoms with Crippen molar-refractivity contribution in [1.82, 2.24) is 5.32 Å². The SMILES string of the molecule is COc1ccc([C@@H](CC(C)C)NC(=O)[C@@H](C)N(c2ccc(Cl)cc2)S(C)(=O)=O)cc1. The maximum Gasteiger partial charge on any atom is 0.244 e. The number of halogens is 1. The molecular weight excluding hydrogens is 424 g/mol. The Kier molecular flexibility index (Phi) is 8.15. The molecule has 30 heavy (non-hydrogen) atoms. The number of hydrogen-bond acceptors (Lipinski definition) is 4. The van der Waals surface area contributed by atoms with Crippen molar-refractivity contribution in [3.05, 3.63) is 59.1 Å². The van der Waals surface area contributed by atoms with Crippen LogP contribution in [0, 0.1) is 5.92 Å². The number of nitrogens with one attached hydrogen (secondary N) is 1. The first-order valence-corrected chi connectivity index (χ1v) is 11.9. The number of carbonyl (C=O) groups is 1. The highest BCUT2D eigenvalue weighted by Crippen LogP contribution is 2.26. The summed E-state index contributed by atoms with van der Waals surface area (Å²) in [4.78, 5) is 13.1. The van der Waals surface area contributed by atoms with Crippen LogP contribution in [0.2, 0.25) is 5.02 Å². The second-order valence-corrected chi connectivity index (χ2v) is 9.97. The Balaban J connectivity index is 2.30. The molecule has 0 aliphatic heterocycles. The van der Waals surface area contributed by atoms with E-state index in [1.807, 2.05) is 24.3 Å². The lowest BCUT2D eigenvalue weighted by molar-refractivity contribution is -0.122. The van der Waals surface area contributed by atoms with Gasteiger partial charge >= 0.3 is 0 Å². The molecular formula is C22H29ClN2O4S. The molecule has 0 unspecified atom stereocenters. The Morgan fingerprint density at radius 2 is 1.63 bits per heavy atom. The molecule has 2 aromatic carbocycles. The van der Waals surface area contributed by atoms with Crippen molar-refractivity contribution < 1.29 is 17.9 Å². The third-order valence-corrected chi connectivity index (χ3v) is 6.20. The Morgan fingerprint density at radius 1 is 1.07 bits per heavy atom. The van der Waals surface area contributed by atoms with Crippen molar-refractivity contribution in [2.75, 3.05) is 17.7 Å². The van der Waals surface area contributed by atoms with Crippen molar-refractivity contribution in [3.63, 3.8) is 0 Å². The number of anilines is 1. The molecule has 0 bridgehead atoms. The lowest BCUT2D eigenvalue weighted by Crippen LogP contribution is -2.48. The second kappa shape index (κ2) is 10.2. The molecule has 2 atom stereocenters. The molecule has 8 heteroatoms. The number of carbonyl (C=O) groups excluding carboxylic acids is 1. The second-order valence-electron chi connectivity index (χ2n) is 7.68. The topological polar surface area (TPSA) is 75.7 Å². The van der Waals surface area contributed by atoms with E-state index in [0.29, 0.717) is 23.0 Å². The Hall–Kier alpha value is -2.25. The summed E-state index contributed by atoms with van der Waals surface area (Å²) in [5.41, 5.74) is 1.32.